The maximum absolute atomic E-state index is 6.31. The van der Waals surface area contributed by atoms with Crippen LogP contribution in [-0.4, -0.2) is 84.2 Å². The standard InChI is InChI=1S/C32H40N8O/c1-4-26-32(35-23-8-6-5-7-9-23)37-29-25(21-34-31(33)30(29)36-26)22-10-11-27(28(20-22)41-3)40-14-12-24(13-15-40)39-18-16-38(2)17-19-39/h5-11,20-21,24H,4,12-19H2,1-3H3,(H2,33,34)(H,35,37). The monoisotopic (exact) mass is 552 g/mol. The van der Waals surface area contributed by atoms with Gasteiger partial charge in [0.25, 0.3) is 0 Å². The Kier molecular flexibility index (Phi) is 7.89. The largest absolute Gasteiger partial charge is 0.495 e. The molecule has 214 valence electrons. The van der Waals surface area contributed by atoms with Gasteiger partial charge in [-0.1, -0.05) is 31.2 Å². The van der Waals surface area contributed by atoms with Crippen molar-refractivity contribution < 1.29 is 4.74 Å². The Bertz CT molecular complexity index is 1500. The lowest BCUT2D eigenvalue weighted by molar-refractivity contribution is 0.0981. The van der Waals surface area contributed by atoms with Crippen LogP contribution in [-0.2, 0) is 6.42 Å². The number of methoxy groups -OCH3 is 1. The fourth-order valence-electron chi connectivity index (χ4n) is 6.07. The minimum atomic E-state index is 0.379. The Morgan fingerprint density at radius 1 is 0.951 bits per heavy atom. The number of benzene rings is 2. The van der Waals surface area contributed by atoms with Crippen LogP contribution in [0.25, 0.3) is 22.2 Å². The zero-order chi connectivity index (χ0) is 28.3. The molecule has 9 heteroatoms. The van der Waals surface area contributed by atoms with Crippen LogP contribution in [0.15, 0.2) is 54.7 Å². The lowest BCUT2D eigenvalue weighted by Crippen LogP contribution is -2.52. The van der Waals surface area contributed by atoms with E-state index in [0.717, 1.165) is 77.9 Å². The number of nitrogens with two attached hydrogens (primary N) is 1. The molecule has 41 heavy (non-hydrogen) atoms. The van der Waals surface area contributed by atoms with Crippen molar-refractivity contribution in [3.8, 4) is 16.9 Å². The predicted octanol–water partition coefficient (Wildman–Crippen LogP) is 4.80. The molecule has 0 atom stereocenters. The number of aromatic nitrogens is 3. The molecule has 0 spiro atoms. The maximum atomic E-state index is 6.31. The van der Waals surface area contributed by atoms with Crippen molar-refractivity contribution >= 4 is 34.0 Å². The normalized spacial score (nSPS) is 17.2. The molecule has 0 radical (unpaired) electrons. The molecule has 0 unspecified atom stereocenters. The highest BCUT2D eigenvalue weighted by Crippen LogP contribution is 2.38. The molecule has 4 heterocycles. The molecule has 2 aliphatic heterocycles. The number of ether oxygens (including phenoxy) is 1. The second-order valence-corrected chi connectivity index (χ2v) is 11.1. The van der Waals surface area contributed by atoms with Crippen molar-refractivity contribution in [1.82, 2.24) is 24.8 Å². The van der Waals surface area contributed by atoms with Gasteiger partial charge < -0.3 is 25.6 Å². The zero-order valence-corrected chi connectivity index (χ0v) is 24.3. The summed E-state index contributed by atoms with van der Waals surface area (Å²) in [5.41, 5.74) is 12.4. The number of piperazine rings is 1. The van der Waals surface area contributed by atoms with E-state index in [1.807, 2.05) is 30.3 Å². The first-order valence-electron chi connectivity index (χ1n) is 14.7. The third-order valence-corrected chi connectivity index (χ3v) is 8.52. The summed E-state index contributed by atoms with van der Waals surface area (Å²) < 4.78 is 5.94. The molecule has 2 aliphatic rings. The van der Waals surface area contributed by atoms with Crippen LogP contribution >= 0.6 is 0 Å². The molecule has 2 aromatic heterocycles. The molecule has 0 bridgehead atoms. The maximum Gasteiger partial charge on any atom is 0.152 e. The van der Waals surface area contributed by atoms with E-state index in [9.17, 15) is 0 Å². The van der Waals surface area contributed by atoms with Crippen LogP contribution in [0.5, 0.6) is 5.75 Å². The van der Waals surface area contributed by atoms with E-state index in [-0.39, 0.29) is 0 Å². The van der Waals surface area contributed by atoms with Crippen LogP contribution < -0.4 is 20.7 Å². The smallest absolute Gasteiger partial charge is 0.152 e. The molecule has 2 saturated heterocycles. The van der Waals surface area contributed by atoms with Gasteiger partial charge in [-0.15, -0.1) is 0 Å². The molecule has 3 N–H and O–H groups in total. The number of hydrogen-bond acceptors (Lipinski definition) is 9. The van der Waals surface area contributed by atoms with Gasteiger partial charge in [0.05, 0.1) is 18.5 Å². The van der Waals surface area contributed by atoms with E-state index < -0.39 is 0 Å². The van der Waals surface area contributed by atoms with E-state index in [0.29, 0.717) is 17.4 Å². The predicted molar refractivity (Wildman–Crippen MR) is 167 cm³/mol. The molecule has 2 fully saturated rings. The number of piperidine rings is 1. The van der Waals surface area contributed by atoms with Gasteiger partial charge in [0.1, 0.15) is 16.8 Å². The molecule has 9 nitrogen and oxygen atoms in total. The Morgan fingerprint density at radius 3 is 2.41 bits per heavy atom. The quantitative estimate of drug-likeness (QED) is 0.335. The molecule has 4 aromatic rings. The van der Waals surface area contributed by atoms with Gasteiger partial charge in [-0.3, -0.25) is 4.90 Å². The van der Waals surface area contributed by atoms with Crippen molar-refractivity contribution in [2.45, 2.75) is 32.2 Å². The first kappa shape index (κ1) is 27.2. The van der Waals surface area contributed by atoms with Crippen LogP contribution in [0.3, 0.4) is 0 Å². The fourth-order valence-corrected chi connectivity index (χ4v) is 6.07. The van der Waals surface area contributed by atoms with Crippen molar-refractivity contribution in [1.29, 1.82) is 0 Å². The lowest BCUT2D eigenvalue weighted by Gasteiger charge is -2.42. The SMILES string of the molecule is CCc1nc2c(N)ncc(-c3ccc(N4CCC(N5CCN(C)CC5)CC4)c(OC)c3)c2nc1Nc1ccccc1. The van der Waals surface area contributed by atoms with Gasteiger partial charge in [0, 0.05) is 62.8 Å². The minimum absolute atomic E-state index is 0.379. The molecule has 0 saturated carbocycles. The van der Waals surface area contributed by atoms with Gasteiger partial charge in [0.2, 0.25) is 0 Å². The number of aryl methyl sites for hydroxylation is 1. The number of nitrogens with zero attached hydrogens (tertiary/aromatic N) is 6. The average molecular weight is 553 g/mol. The van der Waals surface area contributed by atoms with Crippen molar-refractivity contribution in [2.75, 3.05) is 69.4 Å². The van der Waals surface area contributed by atoms with Crippen LogP contribution in [0.1, 0.15) is 25.5 Å². The Labute approximate surface area is 242 Å². The first-order chi connectivity index (χ1) is 20.0. The number of pyridine rings is 1. The van der Waals surface area contributed by atoms with Crippen molar-refractivity contribution in [3.63, 3.8) is 0 Å². The molecular formula is C32H40N8O. The van der Waals surface area contributed by atoms with Crippen molar-refractivity contribution in [2.24, 2.45) is 0 Å². The third-order valence-electron chi connectivity index (χ3n) is 8.52. The van der Waals surface area contributed by atoms with E-state index in [4.69, 9.17) is 20.4 Å². The van der Waals surface area contributed by atoms with E-state index in [1.54, 1.807) is 13.3 Å². The lowest BCUT2D eigenvalue weighted by atomic mass is 10.00. The molecule has 0 aliphatic carbocycles. The van der Waals surface area contributed by atoms with Crippen molar-refractivity contribution in [3.05, 3.63) is 60.4 Å². The van der Waals surface area contributed by atoms with E-state index in [2.05, 4.69) is 57.2 Å². The van der Waals surface area contributed by atoms with Gasteiger partial charge in [-0.2, -0.15) is 0 Å². The number of fused-ring (bicyclic) bond motifs is 1. The number of nitrogens with one attached hydrogen (secondary N) is 1. The third kappa shape index (κ3) is 5.64. The molecular weight excluding hydrogens is 512 g/mol. The second kappa shape index (κ2) is 11.9. The fraction of sp³-hybridized carbons (Fsp3) is 0.406. The zero-order valence-electron chi connectivity index (χ0n) is 24.3. The Balaban J connectivity index is 1.29. The summed E-state index contributed by atoms with van der Waals surface area (Å²) in [7, 11) is 3.96. The van der Waals surface area contributed by atoms with Gasteiger partial charge in [-0.25, -0.2) is 15.0 Å². The number of nitrogen functional groups attached to an aromatic ring is 1. The Morgan fingerprint density at radius 2 is 1.71 bits per heavy atom. The van der Waals surface area contributed by atoms with Crippen LogP contribution in [0.2, 0.25) is 0 Å². The summed E-state index contributed by atoms with van der Waals surface area (Å²) in [4.78, 5) is 22.0. The van der Waals surface area contributed by atoms with Crippen LogP contribution in [0.4, 0.5) is 23.0 Å². The van der Waals surface area contributed by atoms with E-state index in [1.165, 1.54) is 25.9 Å². The summed E-state index contributed by atoms with van der Waals surface area (Å²) in [6.45, 7) is 8.80. The summed E-state index contributed by atoms with van der Waals surface area (Å²) in [5.74, 6) is 1.96. The highest BCUT2D eigenvalue weighted by atomic mass is 16.5. The molecule has 0 amide bonds. The average Bonchev–Trinajstić information content (AvgIpc) is 3.02. The molecule has 6 rings (SSSR count). The van der Waals surface area contributed by atoms with E-state index >= 15 is 0 Å². The van der Waals surface area contributed by atoms with Gasteiger partial charge in [0.15, 0.2) is 11.6 Å². The summed E-state index contributed by atoms with van der Waals surface area (Å²) in [6, 6.07) is 17.1. The summed E-state index contributed by atoms with van der Waals surface area (Å²) in [5, 5.41) is 3.45. The highest BCUT2D eigenvalue weighted by Gasteiger charge is 2.28. The number of para-hydroxylation sites is 1. The minimum Gasteiger partial charge on any atom is -0.495 e. The topological polar surface area (TPSA) is 95.7 Å². The summed E-state index contributed by atoms with van der Waals surface area (Å²) in [6.07, 6.45) is 4.86. The Hall–Kier alpha value is -3.95. The van der Waals surface area contributed by atoms with Gasteiger partial charge in [-0.05, 0) is 56.1 Å². The second-order valence-electron chi connectivity index (χ2n) is 11.1. The first-order valence-corrected chi connectivity index (χ1v) is 14.7. The number of likely N-dealkylation sites (N-methyl/N-ethyl adjacent to an activating group) is 1. The molecule has 2 aromatic carbocycles. The number of rotatable bonds is 7. The highest BCUT2D eigenvalue weighted by molar-refractivity contribution is 5.97. The number of anilines is 4. The van der Waals surface area contributed by atoms with Crippen LogP contribution in [0, 0.1) is 0 Å². The summed E-state index contributed by atoms with van der Waals surface area (Å²) >= 11 is 0. The van der Waals surface area contributed by atoms with Gasteiger partial charge >= 0.3 is 0 Å². The number of hydrogen-bond donors (Lipinski definition) is 2.